The van der Waals surface area contributed by atoms with Crippen LogP contribution in [0.5, 0.6) is 0 Å². The quantitative estimate of drug-likeness (QED) is 0.00554. The molecule has 0 amide bonds. The second kappa shape index (κ2) is 54.5. The molecule has 13 unspecified atom stereocenters. The number of nitrogens with one attached hydrogen (secondary N) is 1. The number of benzene rings is 5. The molecule has 11 rings (SSSR count). The SMILES string of the molecule is COC1C(OC)[C@H](O[C@H]2O[C@@H](COC(C)=O)[C@@H](O[C@@H]3OC(C(=O)OCc4ccccc4)[C@@H](O[C@H]4OC(COC(C)=O)[C@@H](OC)[C@H](OC)C4N=[N+]=[N-])[C@H](OC)C3OC)C(OC(C)=O)C2C)[C@H](C(=O)OCc2ccccc2)O[C@H]1O[C@@H]1C(COCc2ccccc2)O[C@H](OC)C(OCc2ccccc2)[C@H]1OCc1ccccc1.CO[C@@H]1C(COC(C)=O)OC(OC(=N)C(Cl)(Cl)Cl)C(N=[N+]=[N-])[C@H]1OC. The molecule has 0 spiro atoms. The zero-order chi connectivity index (χ0) is 98.1. The highest BCUT2D eigenvalue weighted by Crippen LogP contribution is 2.43. The third-order valence-corrected chi connectivity index (χ3v) is 23.2. The number of halogens is 3. The van der Waals surface area contributed by atoms with E-state index in [0.29, 0.717) is 11.1 Å². The third-order valence-electron chi connectivity index (χ3n) is 22.7. The van der Waals surface area contributed by atoms with Gasteiger partial charge in [0.25, 0.3) is 3.79 Å². The minimum atomic E-state index is -2.14. The number of nitrogens with zero attached hydrogens (tertiary/aromatic N) is 6. The lowest BCUT2D eigenvalue weighted by Gasteiger charge is -2.51. The van der Waals surface area contributed by atoms with Gasteiger partial charge in [-0.3, -0.25) is 24.6 Å². The predicted molar refractivity (Wildman–Crippen MR) is 473 cm³/mol. The van der Waals surface area contributed by atoms with Crippen LogP contribution < -0.4 is 0 Å². The lowest BCUT2D eigenvalue weighted by molar-refractivity contribution is -0.388. The Morgan fingerprint density at radius 3 is 1.04 bits per heavy atom. The van der Waals surface area contributed by atoms with Crippen molar-refractivity contribution >= 4 is 76.5 Å². The zero-order valence-electron chi connectivity index (χ0n) is 77.2. The molecule has 746 valence electrons. The lowest BCUT2D eigenvalue weighted by Crippen LogP contribution is -2.68. The minimum Gasteiger partial charge on any atom is -0.463 e. The molecule has 1 N–H and O–H groups in total. The lowest BCUT2D eigenvalue weighted by atomic mass is 9.90. The van der Waals surface area contributed by atoms with Crippen molar-refractivity contribution in [2.75, 3.05) is 90.4 Å². The normalized spacial score (nSPS) is 31.6. The smallest absolute Gasteiger partial charge is 0.338 e. The van der Waals surface area contributed by atoms with Gasteiger partial charge in [-0.05, 0) is 38.9 Å². The molecule has 5 aromatic rings. The van der Waals surface area contributed by atoms with Crippen LogP contribution >= 0.6 is 34.8 Å². The van der Waals surface area contributed by atoms with E-state index in [1.807, 2.05) is 97.1 Å². The second-order valence-corrected chi connectivity index (χ2v) is 33.9. The molecule has 0 radical (unpaired) electrons. The molecule has 6 saturated heterocycles. The summed E-state index contributed by atoms with van der Waals surface area (Å²) < 4.78 is 178. The van der Waals surface area contributed by atoms with E-state index in [1.165, 1.54) is 77.8 Å². The van der Waals surface area contributed by atoms with Gasteiger partial charge in [0, 0.05) is 107 Å². The molecule has 30 atom stereocenters. The fraction of sp³-hybridized carbons (Fsp3) is 0.593. The van der Waals surface area contributed by atoms with Gasteiger partial charge in [-0.1, -0.05) is 204 Å². The van der Waals surface area contributed by atoms with Crippen LogP contribution in [0.4, 0.5) is 0 Å². The fourth-order valence-corrected chi connectivity index (χ4v) is 16.4. The number of carbonyl (C=O) groups excluding carboxylic acids is 6. The number of rotatable bonds is 43. The van der Waals surface area contributed by atoms with Crippen LogP contribution in [0.25, 0.3) is 20.9 Å². The van der Waals surface area contributed by atoms with Gasteiger partial charge in [0.15, 0.2) is 43.7 Å². The summed E-state index contributed by atoms with van der Waals surface area (Å²) >= 11 is 16.8. The number of ether oxygens (including phenoxy) is 29. The summed E-state index contributed by atoms with van der Waals surface area (Å²) in [5.41, 5.74) is 22.5. The molecule has 6 heterocycles. The Morgan fingerprint density at radius 2 is 0.669 bits per heavy atom. The van der Waals surface area contributed by atoms with Crippen molar-refractivity contribution in [3.8, 4) is 0 Å². The van der Waals surface area contributed by atoms with Crippen molar-refractivity contribution in [1.29, 1.82) is 5.41 Å². The van der Waals surface area contributed by atoms with Gasteiger partial charge < -0.3 is 137 Å². The number of azide groups is 2. The highest BCUT2D eigenvalue weighted by atomic mass is 35.6. The van der Waals surface area contributed by atoms with Gasteiger partial charge in [0.1, 0.15) is 155 Å². The number of carbonyl (C=O) groups is 6. The largest absolute Gasteiger partial charge is 0.463 e. The van der Waals surface area contributed by atoms with Gasteiger partial charge in [0.05, 0.1) is 32.5 Å². The summed E-state index contributed by atoms with van der Waals surface area (Å²) in [5.74, 6) is -6.63. The summed E-state index contributed by atoms with van der Waals surface area (Å²) in [6.45, 7) is 4.94. The first-order valence-corrected chi connectivity index (χ1v) is 44.3. The number of alkyl halides is 3. The van der Waals surface area contributed by atoms with Crippen LogP contribution in [0.15, 0.2) is 162 Å². The molecular weight excluding hydrogens is 1860 g/mol. The van der Waals surface area contributed by atoms with E-state index in [1.54, 1.807) is 61.5 Å². The van der Waals surface area contributed by atoms with Gasteiger partial charge in [-0.25, -0.2) is 9.59 Å². The maximum absolute atomic E-state index is 15.3. The van der Waals surface area contributed by atoms with Crippen LogP contribution in [0.2, 0.25) is 0 Å². The molecule has 136 heavy (non-hydrogen) atoms. The topological polar surface area (TPSA) is 491 Å². The van der Waals surface area contributed by atoms with Gasteiger partial charge in [-0.15, -0.1) is 0 Å². The molecule has 5 aromatic carbocycles. The van der Waals surface area contributed by atoms with Crippen molar-refractivity contribution in [2.45, 2.75) is 249 Å². The van der Waals surface area contributed by atoms with Crippen LogP contribution in [-0.2, 0) is 199 Å². The van der Waals surface area contributed by atoms with E-state index >= 15 is 4.79 Å². The molecule has 6 aliphatic rings. The number of hydrogen-bond acceptors (Lipinski definition) is 38. The molecule has 6 aliphatic heterocycles. The standard InChI is InChI=1S/C79H99N3O29.C12H17Cl3N4O6/c1-45-58(102-48(4)85)60(106-78-71(93-10)64(91-8)67(69(111-78)74(87)101-41-53-35-25-16-26-36-53)109-76-57(81-82-80)62(89-6)59(88-5)55(104-76)43-96-46(2)83)56(44-97-47(3)84)103-75(45)108-66-63(90-7)70(92-9)79(110-68(66)73(86)100-40-52-33-23-15-24-34-52)107-61-54(42-95-37-49-27-17-12-18-28-49)105-77(94-11)72(99-39-51-31-21-14-22-32-51)65(61)98-38-50-29-19-13-20-30-50;1-5(20)23-4-6-8(21-2)9(22-3)7(18-19-17)10(24-6)25-11(16)12(13,14)15/h12-36,45,54-72,75-79H,37-44H2,1-11H3;6-10,16H,4H2,1-3H3/t45?,54?,55?,56-,57?,58?,59+,60+,61+,62+,63?,64-,65-,66-,67-,68+,69?,70?,71?,72?,75+,76+,77-,78+,79+;6?,7?,8-,9-,10?/m01/s1. The molecule has 6 fully saturated rings. The summed E-state index contributed by atoms with van der Waals surface area (Å²) in [6, 6.07) is 43.8. The van der Waals surface area contributed by atoms with E-state index in [4.69, 9.17) is 183 Å². The van der Waals surface area contributed by atoms with Crippen molar-refractivity contribution in [3.63, 3.8) is 0 Å². The highest BCUT2D eigenvalue weighted by Gasteiger charge is 2.62. The molecule has 0 aromatic heterocycles. The highest BCUT2D eigenvalue weighted by molar-refractivity contribution is 6.76. The zero-order valence-corrected chi connectivity index (χ0v) is 79.5. The van der Waals surface area contributed by atoms with Gasteiger partial charge >= 0.3 is 35.8 Å². The maximum atomic E-state index is 15.3. The second-order valence-electron chi connectivity index (χ2n) is 31.6. The van der Waals surface area contributed by atoms with Crippen LogP contribution in [-0.4, -0.2) is 314 Å². The molecular formula is C91H116Cl3N7O35. The Morgan fingerprint density at radius 1 is 0.338 bits per heavy atom. The third kappa shape index (κ3) is 29.8. The first-order valence-electron chi connectivity index (χ1n) is 43.2. The van der Waals surface area contributed by atoms with Crippen LogP contribution in [0.1, 0.15) is 62.4 Å². The first-order chi connectivity index (χ1) is 65.6. The van der Waals surface area contributed by atoms with E-state index in [2.05, 4.69) is 20.1 Å². The monoisotopic (exact) mass is 1970 g/mol. The van der Waals surface area contributed by atoms with E-state index in [-0.39, 0.29) is 52.9 Å². The Kier molecular flexibility index (Phi) is 43.7. The summed E-state index contributed by atoms with van der Waals surface area (Å²) in [4.78, 5) is 86.0. The fourth-order valence-electron chi connectivity index (χ4n) is 16.3. The average Bonchev–Trinajstić information content (AvgIpc) is 0.753. The Hall–Kier alpha value is -9.00. The van der Waals surface area contributed by atoms with Gasteiger partial charge in [-0.2, -0.15) is 0 Å². The molecule has 42 nitrogen and oxygen atoms in total. The average molecular weight is 1970 g/mol. The van der Waals surface area contributed by atoms with Crippen molar-refractivity contribution in [2.24, 2.45) is 16.1 Å². The minimum absolute atomic E-state index is 0.0634. The van der Waals surface area contributed by atoms with E-state index in [0.717, 1.165) is 30.5 Å². The summed E-state index contributed by atoms with van der Waals surface area (Å²) in [5, 5.41) is 15.2. The van der Waals surface area contributed by atoms with Gasteiger partial charge in [0.2, 0.25) is 12.2 Å². The van der Waals surface area contributed by atoms with Crippen molar-refractivity contribution in [3.05, 3.63) is 200 Å². The van der Waals surface area contributed by atoms with Crippen LogP contribution in [0.3, 0.4) is 0 Å². The van der Waals surface area contributed by atoms with Crippen molar-refractivity contribution in [1.82, 2.24) is 0 Å². The molecule has 0 aliphatic carbocycles. The maximum Gasteiger partial charge on any atom is 0.338 e. The predicted octanol–water partition coefficient (Wildman–Crippen LogP) is 9.48. The van der Waals surface area contributed by atoms with E-state index in [9.17, 15) is 29.5 Å². The van der Waals surface area contributed by atoms with Crippen molar-refractivity contribution < 1.29 is 166 Å². The molecule has 45 heteroatoms. The first kappa shape index (κ1) is 109. The Balaban J connectivity index is 0.000000662. The van der Waals surface area contributed by atoms with Crippen LogP contribution in [0, 0.1) is 11.3 Å². The number of hydrogen-bond donors (Lipinski definition) is 1. The van der Waals surface area contributed by atoms with E-state index < -0.39 is 236 Å². The number of esters is 6. The summed E-state index contributed by atoms with van der Waals surface area (Å²) in [7, 11) is 12.3. The number of methoxy groups -OCH3 is 9. The molecule has 0 bridgehead atoms. The Labute approximate surface area is 800 Å². The molecule has 0 saturated carbocycles. The Bertz CT molecular complexity index is 4630. The summed E-state index contributed by atoms with van der Waals surface area (Å²) in [6.07, 6.45) is -35.5.